The summed E-state index contributed by atoms with van der Waals surface area (Å²) in [4.78, 5) is 21.0. The molecule has 0 saturated carbocycles. The van der Waals surface area contributed by atoms with Crippen molar-refractivity contribution >= 4 is 22.6 Å². The third kappa shape index (κ3) is 4.16. The molecule has 0 unspecified atom stereocenters. The number of alkyl halides is 3. The predicted octanol–water partition coefficient (Wildman–Crippen LogP) is 5.01. The van der Waals surface area contributed by atoms with Crippen molar-refractivity contribution in [1.82, 2.24) is 14.5 Å². The summed E-state index contributed by atoms with van der Waals surface area (Å²) in [6.07, 6.45) is -2.61. The molecule has 1 aromatic heterocycles. The molecule has 1 amide bonds. The maximum absolute atomic E-state index is 13.0. The smallest absolute Gasteiger partial charge is 0.368 e. The van der Waals surface area contributed by atoms with Crippen molar-refractivity contribution in [3.8, 4) is 5.69 Å². The fraction of sp³-hybridized carbons (Fsp3) is 0.200. The van der Waals surface area contributed by atoms with E-state index in [1.807, 2.05) is 45.9 Å². The molecule has 4 aromatic rings. The maximum atomic E-state index is 13.0. The molecule has 1 saturated heterocycles. The van der Waals surface area contributed by atoms with E-state index in [-0.39, 0.29) is 5.91 Å². The molecule has 1 aliphatic rings. The lowest BCUT2D eigenvalue weighted by atomic mass is 10.1. The average Bonchev–Trinajstić information content (AvgIpc) is 3.28. The number of carbonyl (C=O) groups is 1. The lowest BCUT2D eigenvalue weighted by Gasteiger charge is -2.36. The zero-order valence-electron chi connectivity index (χ0n) is 17.7. The van der Waals surface area contributed by atoms with Crippen molar-refractivity contribution in [3.05, 3.63) is 90.3 Å². The van der Waals surface area contributed by atoms with Crippen LogP contribution in [0, 0.1) is 0 Å². The number of benzene rings is 3. The number of rotatable bonds is 3. The minimum atomic E-state index is -4.37. The standard InChI is InChI=1S/C25H21F3N4O/c26-25(27,28)19-4-3-5-21(16-19)30-12-14-31(15-13-30)24(33)18-8-10-20(11-9-18)32-17-29-22-6-1-2-7-23(22)32/h1-11,16-17H,12-15H2. The third-order valence-corrected chi connectivity index (χ3v) is 5.95. The second-order valence-corrected chi connectivity index (χ2v) is 7.98. The Morgan fingerprint density at radius 2 is 1.55 bits per heavy atom. The number of hydrogen-bond donors (Lipinski definition) is 0. The summed E-state index contributed by atoms with van der Waals surface area (Å²) in [6, 6.07) is 20.5. The molecule has 0 aliphatic carbocycles. The van der Waals surface area contributed by atoms with Gasteiger partial charge in [0, 0.05) is 43.1 Å². The number of halogens is 3. The summed E-state index contributed by atoms with van der Waals surface area (Å²) >= 11 is 0. The van der Waals surface area contributed by atoms with Gasteiger partial charge in [0.15, 0.2) is 0 Å². The highest BCUT2D eigenvalue weighted by Crippen LogP contribution is 2.32. The predicted molar refractivity (Wildman–Crippen MR) is 121 cm³/mol. The van der Waals surface area contributed by atoms with Crippen LogP contribution in [0.1, 0.15) is 15.9 Å². The molecule has 1 aliphatic heterocycles. The SMILES string of the molecule is O=C(c1ccc(-n2cnc3ccccc32)cc1)N1CCN(c2cccc(C(F)(F)F)c2)CC1. The molecule has 0 N–H and O–H groups in total. The van der Waals surface area contributed by atoms with Crippen LogP contribution in [0.25, 0.3) is 16.7 Å². The molecule has 5 nitrogen and oxygen atoms in total. The van der Waals surface area contributed by atoms with Crippen molar-refractivity contribution < 1.29 is 18.0 Å². The quantitative estimate of drug-likeness (QED) is 0.441. The largest absolute Gasteiger partial charge is 0.416 e. The van der Waals surface area contributed by atoms with E-state index >= 15 is 0 Å². The molecule has 168 valence electrons. The van der Waals surface area contributed by atoms with Crippen molar-refractivity contribution in [2.45, 2.75) is 6.18 Å². The van der Waals surface area contributed by atoms with Crippen LogP contribution in [0.15, 0.2) is 79.1 Å². The van der Waals surface area contributed by atoms with Crippen molar-refractivity contribution in [2.24, 2.45) is 0 Å². The third-order valence-electron chi connectivity index (χ3n) is 5.95. The van der Waals surface area contributed by atoms with Gasteiger partial charge in [0.1, 0.15) is 6.33 Å². The zero-order chi connectivity index (χ0) is 23.0. The molecule has 2 heterocycles. The molecule has 0 bridgehead atoms. The van der Waals surface area contributed by atoms with E-state index in [1.54, 1.807) is 29.4 Å². The first-order valence-electron chi connectivity index (χ1n) is 10.6. The van der Waals surface area contributed by atoms with Gasteiger partial charge in [-0.2, -0.15) is 13.2 Å². The number of amides is 1. The Morgan fingerprint density at radius 3 is 2.27 bits per heavy atom. The van der Waals surface area contributed by atoms with Gasteiger partial charge in [0.2, 0.25) is 0 Å². The molecule has 5 rings (SSSR count). The summed E-state index contributed by atoms with van der Waals surface area (Å²) < 4.78 is 41.0. The van der Waals surface area contributed by atoms with Crippen molar-refractivity contribution in [3.63, 3.8) is 0 Å². The summed E-state index contributed by atoms with van der Waals surface area (Å²) in [5.74, 6) is -0.0827. The number of hydrogen-bond acceptors (Lipinski definition) is 3. The van der Waals surface area contributed by atoms with E-state index in [2.05, 4.69) is 4.98 Å². The number of aromatic nitrogens is 2. The summed E-state index contributed by atoms with van der Waals surface area (Å²) in [6.45, 7) is 1.85. The molecule has 0 radical (unpaired) electrons. The number of piperazine rings is 1. The van der Waals surface area contributed by atoms with Gasteiger partial charge in [0.05, 0.1) is 16.6 Å². The molecular weight excluding hydrogens is 429 g/mol. The molecule has 0 atom stereocenters. The van der Waals surface area contributed by atoms with Crippen LogP contribution in [0.2, 0.25) is 0 Å². The topological polar surface area (TPSA) is 41.4 Å². The van der Waals surface area contributed by atoms with Gasteiger partial charge >= 0.3 is 6.18 Å². The minimum absolute atomic E-state index is 0.0827. The lowest BCUT2D eigenvalue weighted by Crippen LogP contribution is -2.48. The lowest BCUT2D eigenvalue weighted by molar-refractivity contribution is -0.137. The number of imidazole rings is 1. The average molecular weight is 450 g/mol. The normalized spacial score (nSPS) is 14.6. The van der Waals surface area contributed by atoms with E-state index in [0.717, 1.165) is 28.9 Å². The van der Waals surface area contributed by atoms with Crippen LogP contribution in [-0.4, -0.2) is 46.5 Å². The summed E-state index contributed by atoms with van der Waals surface area (Å²) in [5, 5.41) is 0. The van der Waals surface area contributed by atoms with E-state index in [0.29, 0.717) is 37.4 Å². The number of nitrogens with zero attached hydrogens (tertiary/aromatic N) is 4. The molecule has 3 aromatic carbocycles. The highest BCUT2D eigenvalue weighted by Gasteiger charge is 2.31. The fourth-order valence-electron chi connectivity index (χ4n) is 4.16. The Labute approximate surface area is 188 Å². The van der Waals surface area contributed by atoms with Crippen LogP contribution in [0.4, 0.5) is 18.9 Å². The van der Waals surface area contributed by atoms with Crippen LogP contribution in [0.3, 0.4) is 0 Å². The van der Waals surface area contributed by atoms with E-state index in [1.165, 1.54) is 6.07 Å². The van der Waals surface area contributed by atoms with Gasteiger partial charge in [-0.1, -0.05) is 18.2 Å². The van der Waals surface area contributed by atoms with Crippen molar-refractivity contribution in [1.29, 1.82) is 0 Å². The van der Waals surface area contributed by atoms with Gasteiger partial charge in [-0.15, -0.1) is 0 Å². The van der Waals surface area contributed by atoms with Crippen LogP contribution in [0.5, 0.6) is 0 Å². The minimum Gasteiger partial charge on any atom is -0.368 e. The summed E-state index contributed by atoms with van der Waals surface area (Å²) in [5.41, 5.74) is 3.24. The Bertz CT molecular complexity index is 1290. The number of carbonyl (C=O) groups excluding carboxylic acids is 1. The highest BCUT2D eigenvalue weighted by atomic mass is 19.4. The Kier molecular flexibility index (Phi) is 5.28. The first kappa shape index (κ1) is 21.1. The number of anilines is 1. The number of fused-ring (bicyclic) bond motifs is 1. The fourth-order valence-corrected chi connectivity index (χ4v) is 4.16. The van der Waals surface area contributed by atoms with E-state index in [4.69, 9.17) is 0 Å². The number of para-hydroxylation sites is 2. The van der Waals surface area contributed by atoms with Crippen LogP contribution >= 0.6 is 0 Å². The first-order chi connectivity index (χ1) is 15.9. The van der Waals surface area contributed by atoms with Gasteiger partial charge in [-0.25, -0.2) is 4.98 Å². The molecule has 0 spiro atoms. The second kappa shape index (κ2) is 8.27. The van der Waals surface area contributed by atoms with Gasteiger partial charge in [-0.3, -0.25) is 9.36 Å². The second-order valence-electron chi connectivity index (χ2n) is 7.98. The van der Waals surface area contributed by atoms with Crippen LogP contribution in [-0.2, 0) is 6.18 Å². The molecule has 33 heavy (non-hydrogen) atoms. The van der Waals surface area contributed by atoms with Gasteiger partial charge in [-0.05, 0) is 54.6 Å². The maximum Gasteiger partial charge on any atom is 0.416 e. The zero-order valence-corrected chi connectivity index (χ0v) is 17.7. The van der Waals surface area contributed by atoms with E-state index in [9.17, 15) is 18.0 Å². The molecule has 8 heteroatoms. The highest BCUT2D eigenvalue weighted by molar-refractivity contribution is 5.94. The Morgan fingerprint density at radius 1 is 0.818 bits per heavy atom. The van der Waals surface area contributed by atoms with Gasteiger partial charge < -0.3 is 9.80 Å². The van der Waals surface area contributed by atoms with Crippen molar-refractivity contribution in [2.75, 3.05) is 31.1 Å². The Hall–Kier alpha value is -3.81. The van der Waals surface area contributed by atoms with E-state index < -0.39 is 11.7 Å². The summed E-state index contributed by atoms with van der Waals surface area (Å²) in [7, 11) is 0. The monoisotopic (exact) mass is 450 g/mol. The Balaban J connectivity index is 1.26. The van der Waals surface area contributed by atoms with Crippen LogP contribution < -0.4 is 4.90 Å². The molecule has 1 fully saturated rings. The first-order valence-corrected chi connectivity index (χ1v) is 10.6. The van der Waals surface area contributed by atoms with Gasteiger partial charge in [0.25, 0.3) is 5.91 Å². The molecular formula is C25H21F3N4O.